The molecular weight excluding hydrogens is 220 g/mol. The van der Waals surface area contributed by atoms with Gasteiger partial charge in [-0.1, -0.05) is 0 Å². The summed E-state index contributed by atoms with van der Waals surface area (Å²) in [7, 11) is 0. The largest absolute Gasteiger partial charge is 0.397 e. The summed E-state index contributed by atoms with van der Waals surface area (Å²) in [6, 6.07) is 1.46. The second-order valence-electron chi connectivity index (χ2n) is 3.28. The number of nitrogen functional groups attached to an aromatic ring is 1. The summed E-state index contributed by atoms with van der Waals surface area (Å²) >= 11 is 0. The second kappa shape index (κ2) is 4.44. The summed E-state index contributed by atoms with van der Waals surface area (Å²) in [5.74, 6) is -0.286. The number of nitrogens with zero attached hydrogens (tertiary/aromatic N) is 3. The van der Waals surface area contributed by atoms with Gasteiger partial charge in [0.15, 0.2) is 0 Å². The molecule has 2 rings (SSSR count). The first kappa shape index (κ1) is 10.8. The lowest BCUT2D eigenvalue weighted by Gasteiger charge is -2.08. The second-order valence-corrected chi connectivity index (χ2v) is 3.28. The maximum absolute atomic E-state index is 11.2. The van der Waals surface area contributed by atoms with Crippen LogP contribution >= 0.6 is 0 Å². The average Bonchev–Trinajstić information content (AvgIpc) is 2.32. The average molecular weight is 230 g/mol. The predicted octanol–water partition coefficient (Wildman–Crippen LogP) is 0.296. The SMILES string of the molecule is NC(=O)c1cc(N)cnc1Nc1cncnc1. The molecule has 0 spiro atoms. The van der Waals surface area contributed by atoms with Gasteiger partial charge in [-0.05, 0) is 6.07 Å². The molecule has 2 aromatic rings. The first-order valence-corrected chi connectivity index (χ1v) is 4.74. The first-order chi connectivity index (χ1) is 8.16. The van der Waals surface area contributed by atoms with E-state index in [0.29, 0.717) is 17.2 Å². The highest BCUT2D eigenvalue weighted by Crippen LogP contribution is 2.18. The maximum Gasteiger partial charge on any atom is 0.252 e. The van der Waals surface area contributed by atoms with Gasteiger partial charge in [-0.3, -0.25) is 4.79 Å². The number of carbonyl (C=O) groups is 1. The number of rotatable bonds is 3. The third kappa shape index (κ3) is 2.46. The lowest BCUT2D eigenvalue weighted by atomic mass is 10.2. The van der Waals surface area contributed by atoms with Crippen LogP contribution in [0.5, 0.6) is 0 Å². The Morgan fingerprint density at radius 1 is 1.24 bits per heavy atom. The molecule has 5 N–H and O–H groups in total. The van der Waals surface area contributed by atoms with E-state index in [9.17, 15) is 4.79 Å². The van der Waals surface area contributed by atoms with Crippen molar-refractivity contribution in [2.75, 3.05) is 11.1 Å². The Hall–Kier alpha value is -2.70. The molecule has 0 saturated carbocycles. The number of hydrogen-bond acceptors (Lipinski definition) is 6. The van der Waals surface area contributed by atoms with Gasteiger partial charge in [-0.15, -0.1) is 0 Å². The van der Waals surface area contributed by atoms with Crippen LogP contribution in [0.25, 0.3) is 0 Å². The molecule has 7 heteroatoms. The van der Waals surface area contributed by atoms with Crippen molar-refractivity contribution in [3.63, 3.8) is 0 Å². The van der Waals surface area contributed by atoms with Crippen LogP contribution in [0.2, 0.25) is 0 Å². The number of anilines is 3. The minimum Gasteiger partial charge on any atom is -0.397 e. The standard InChI is InChI=1S/C10H10N6O/c11-6-1-8(9(12)17)10(15-2-6)16-7-3-13-5-14-4-7/h1-5H,11H2,(H2,12,17)(H,15,16). The molecule has 0 aliphatic heterocycles. The zero-order chi connectivity index (χ0) is 12.3. The summed E-state index contributed by atoms with van der Waals surface area (Å²) in [6.07, 6.45) is 5.93. The third-order valence-corrected chi connectivity index (χ3v) is 2.00. The number of nitrogens with one attached hydrogen (secondary N) is 1. The van der Waals surface area contributed by atoms with Gasteiger partial charge in [-0.25, -0.2) is 15.0 Å². The van der Waals surface area contributed by atoms with E-state index >= 15 is 0 Å². The molecule has 2 aromatic heterocycles. The molecule has 0 aliphatic rings. The van der Waals surface area contributed by atoms with Crippen LogP contribution in [0, 0.1) is 0 Å². The number of amides is 1. The van der Waals surface area contributed by atoms with E-state index in [0.717, 1.165) is 0 Å². The summed E-state index contributed by atoms with van der Waals surface area (Å²) in [5.41, 5.74) is 12.0. The van der Waals surface area contributed by atoms with Crippen LogP contribution in [0.15, 0.2) is 31.0 Å². The zero-order valence-electron chi connectivity index (χ0n) is 8.79. The highest BCUT2D eigenvalue weighted by molar-refractivity contribution is 5.98. The minimum absolute atomic E-state index is 0.217. The number of pyridine rings is 1. The van der Waals surface area contributed by atoms with Gasteiger partial charge in [0.1, 0.15) is 12.1 Å². The van der Waals surface area contributed by atoms with Gasteiger partial charge < -0.3 is 16.8 Å². The molecule has 17 heavy (non-hydrogen) atoms. The molecule has 0 aromatic carbocycles. The van der Waals surface area contributed by atoms with Crippen molar-refractivity contribution in [1.29, 1.82) is 0 Å². The van der Waals surface area contributed by atoms with E-state index in [-0.39, 0.29) is 5.56 Å². The van der Waals surface area contributed by atoms with Crippen LogP contribution in [0.3, 0.4) is 0 Å². The lowest BCUT2D eigenvalue weighted by Crippen LogP contribution is -2.14. The van der Waals surface area contributed by atoms with Crippen LogP contribution in [0.1, 0.15) is 10.4 Å². The highest BCUT2D eigenvalue weighted by Gasteiger charge is 2.10. The summed E-state index contributed by atoms with van der Waals surface area (Å²) in [5, 5.41) is 2.89. The molecule has 0 atom stereocenters. The Morgan fingerprint density at radius 2 is 1.94 bits per heavy atom. The van der Waals surface area contributed by atoms with E-state index < -0.39 is 5.91 Å². The Kier molecular flexibility index (Phi) is 2.82. The molecular formula is C10H10N6O. The van der Waals surface area contributed by atoms with Crippen molar-refractivity contribution in [2.45, 2.75) is 0 Å². The van der Waals surface area contributed by atoms with Gasteiger partial charge >= 0.3 is 0 Å². The molecule has 1 amide bonds. The van der Waals surface area contributed by atoms with E-state index in [2.05, 4.69) is 20.3 Å². The zero-order valence-corrected chi connectivity index (χ0v) is 8.79. The predicted molar refractivity (Wildman–Crippen MR) is 62.5 cm³/mol. The number of hydrogen-bond donors (Lipinski definition) is 3. The van der Waals surface area contributed by atoms with E-state index in [4.69, 9.17) is 11.5 Å². The fraction of sp³-hybridized carbons (Fsp3) is 0. The maximum atomic E-state index is 11.2. The summed E-state index contributed by atoms with van der Waals surface area (Å²) < 4.78 is 0. The number of primary amides is 1. The first-order valence-electron chi connectivity index (χ1n) is 4.74. The van der Waals surface area contributed by atoms with Crippen molar-refractivity contribution in [2.24, 2.45) is 5.73 Å². The van der Waals surface area contributed by atoms with Gasteiger partial charge in [0.2, 0.25) is 0 Å². The Labute approximate surface area is 96.9 Å². The van der Waals surface area contributed by atoms with Crippen molar-refractivity contribution in [3.05, 3.63) is 36.5 Å². The van der Waals surface area contributed by atoms with Gasteiger partial charge in [0.25, 0.3) is 5.91 Å². The third-order valence-electron chi connectivity index (χ3n) is 2.00. The highest BCUT2D eigenvalue weighted by atomic mass is 16.1. The number of aromatic nitrogens is 3. The summed E-state index contributed by atoms with van der Waals surface area (Å²) in [4.78, 5) is 22.9. The molecule has 0 radical (unpaired) electrons. The van der Waals surface area contributed by atoms with E-state index in [1.807, 2.05) is 0 Å². The van der Waals surface area contributed by atoms with Gasteiger partial charge in [-0.2, -0.15) is 0 Å². The van der Waals surface area contributed by atoms with Gasteiger partial charge in [0.05, 0.1) is 35.5 Å². The fourth-order valence-electron chi connectivity index (χ4n) is 1.27. The van der Waals surface area contributed by atoms with Crippen LogP contribution in [-0.2, 0) is 0 Å². The number of carbonyl (C=O) groups excluding carboxylic acids is 1. The molecule has 0 unspecified atom stereocenters. The Balaban J connectivity index is 2.36. The van der Waals surface area contributed by atoms with Gasteiger partial charge in [0, 0.05) is 0 Å². The molecule has 7 nitrogen and oxygen atoms in total. The van der Waals surface area contributed by atoms with Crippen molar-refractivity contribution in [3.8, 4) is 0 Å². The molecule has 86 valence electrons. The van der Waals surface area contributed by atoms with E-state index in [1.54, 1.807) is 12.4 Å². The van der Waals surface area contributed by atoms with Crippen molar-refractivity contribution >= 4 is 23.1 Å². The lowest BCUT2D eigenvalue weighted by molar-refractivity contribution is 0.100. The Morgan fingerprint density at radius 3 is 2.59 bits per heavy atom. The van der Waals surface area contributed by atoms with Crippen LogP contribution < -0.4 is 16.8 Å². The van der Waals surface area contributed by atoms with Crippen LogP contribution in [0.4, 0.5) is 17.2 Å². The molecule has 0 fully saturated rings. The normalized spacial score (nSPS) is 9.88. The molecule has 0 aliphatic carbocycles. The van der Waals surface area contributed by atoms with E-state index in [1.165, 1.54) is 18.6 Å². The fourth-order valence-corrected chi connectivity index (χ4v) is 1.27. The van der Waals surface area contributed by atoms with Crippen molar-refractivity contribution in [1.82, 2.24) is 15.0 Å². The van der Waals surface area contributed by atoms with Crippen molar-refractivity contribution < 1.29 is 4.79 Å². The monoisotopic (exact) mass is 230 g/mol. The number of nitrogens with two attached hydrogens (primary N) is 2. The molecule has 2 heterocycles. The topological polar surface area (TPSA) is 120 Å². The Bertz CT molecular complexity index is 542. The minimum atomic E-state index is -0.607. The molecule has 0 bridgehead atoms. The van der Waals surface area contributed by atoms with Crippen LogP contribution in [-0.4, -0.2) is 20.9 Å². The quantitative estimate of drug-likeness (QED) is 0.697. The summed E-state index contributed by atoms with van der Waals surface area (Å²) in [6.45, 7) is 0. The molecule has 0 saturated heterocycles. The smallest absolute Gasteiger partial charge is 0.252 e.